The molecule has 134 valence electrons. The van der Waals surface area contributed by atoms with Crippen LogP contribution in [-0.4, -0.2) is 43.2 Å². The number of aryl methyl sites for hydroxylation is 1. The van der Waals surface area contributed by atoms with Crippen LogP contribution in [0.15, 0.2) is 55.0 Å². The van der Waals surface area contributed by atoms with Gasteiger partial charge < -0.3 is 9.47 Å². The van der Waals surface area contributed by atoms with E-state index in [1.54, 1.807) is 16.9 Å². The summed E-state index contributed by atoms with van der Waals surface area (Å²) in [5.74, 6) is 1.33. The van der Waals surface area contributed by atoms with Crippen molar-refractivity contribution in [3.8, 4) is 0 Å². The number of piperidine rings is 1. The smallest absolute Gasteiger partial charge is 0.274 e. The molecular weight excluding hydrogens is 326 g/mol. The first kappa shape index (κ1) is 16.6. The van der Waals surface area contributed by atoms with Crippen LogP contribution in [0.3, 0.4) is 0 Å². The summed E-state index contributed by atoms with van der Waals surface area (Å²) < 4.78 is 3.87. The molecule has 0 spiro atoms. The molecule has 3 aromatic rings. The summed E-state index contributed by atoms with van der Waals surface area (Å²) in [6.45, 7) is 2.29. The van der Waals surface area contributed by atoms with Gasteiger partial charge in [0.2, 0.25) is 0 Å². The Labute approximate surface area is 153 Å². The Morgan fingerprint density at radius 1 is 1.19 bits per heavy atom. The fourth-order valence-corrected chi connectivity index (χ4v) is 3.66. The Morgan fingerprint density at radius 3 is 2.81 bits per heavy atom. The van der Waals surface area contributed by atoms with Gasteiger partial charge in [0, 0.05) is 51.2 Å². The van der Waals surface area contributed by atoms with E-state index in [4.69, 9.17) is 0 Å². The zero-order valence-corrected chi connectivity index (χ0v) is 15.0. The lowest BCUT2D eigenvalue weighted by atomic mass is 9.96. The number of carbonyl (C=O) groups is 1. The zero-order valence-electron chi connectivity index (χ0n) is 15.0. The van der Waals surface area contributed by atoms with E-state index in [9.17, 15) is 4.79 Å². The van der Waals surface area contributed by atoms with Crippen LogP contribution < -0.4 is 0 Å². The van der Waals surface area contributed by atoms with Crippen LogP contribution in [-0.2, 0) is 13.6 Å². The average Bonchev–Trinajstić information content (AvgIpc) is 3.31. The number of hydrogen-bond acceptors (Lipinski definition) is 3. The molecule has 0 radical (unpaired) electrons. The molecule has 1 atom stereocenters. The Kier molecular flexibility index (Phi) is 4.56. The molecule has 0 bridgehead atoms. The molecule has 1 fully saturated rings. The lowest BCUT2D eigenvalue weighted by molar-refractivity contribution is 0.0696. The second-order valence-corrected chi connectivity index (χ2v) is 6.86. The SMILES string of the molecule is Cn1ccc(C(=O)N2CCC[C@H](c3nccn3Cc3ccccc3)C2)n1. The summed E-state index contributed by atoms with van der Waals surface area (Å²) in [6, 6.07) is 12.2. The number of imidazole rings is 1. The van der Waals surface area contributed by atoms with E-state index in [1.165, 1.54) is 5.56 Å². The van der Waals surface area contributed by atoms with E-state index in [1.807, 2.05) is 30.4 Å². The molecule has 1 amide bonds. The van der Waals surface area contributed by atoms with Gasteiger partial charge in [-0.25, -0.2) is 4.98 Å². The quantitative estimate of drug-likeness (QED) is 0.728. The van der Waals surface area contributed by atoms with Crippen molar-refractivity contribution in [1.82, 2.24) is 24.2 Å². The van der Waals surface area contributed by atoms with Crippen molar-refractivity contribution in [2.45, 2.75) is 25.3 Å². The number of rotatable bonds is 4. The molecule has 0 aliphatic carbocycles. The molecule has 1 aliphatic heterocycles. The Balaban J connectivity index is 1.50. The lowest BCUT2D eigenvalue weighted by Gasteiger charge is -2.32. The first-order valence-corrected chi connectivity index (χ1v) is 9.04. The van der Waals surface area contributed by atoms with Gasteiger partial charge in [0.25, 0.3) is 5.91 Å². The molecule has 0 unspecified atom stereocenters. The topological polar surface area (TPSA) is 56.0 Å². The summed E-state index contributed by atoms with van der Waals surface area (Å²) in [7, 11) is 1.83. The van der Waals surface area contributed by atoms with Gasteiger partial charge in [0.05, 0.1) is 0 Å². The highest BCUT2D eigenvalue weighted by atomic mass is 16.2. The Bertz CT molecular complexity index is 883. The van der Waals surface area contributed by atoms with Crippen LogP contribution in [0, 0.1) is 0 Å². The minimum Gasteiger partial charge on any atom is -0.337 e. The van der Waals surface area contributed by atoms with E-state index in [2.05, 4.69) is 38.9 Å². The monoisotopic (exact) mass is 349 g/mol. The van der Waals surface area contributed by atoms with Crippen molar-refractivity contribution in [3.63, 3.8) is 0 Å². The number of amides is 1. The van der Waals surface area contributed by atoms with Crippen LogP contribution >= 0.6 is 0 Å². The van der Waals surface area contributed by atoms with Gasteiger partial charge in [0.1, 0.15) is 11.5 Å². The van der Waals surface area contributed by atoms with Gasteiger partial charge in [-0.2, -0.15) is 5.10 Å². The van der Waals surface area contributed by atoms with Crippen molar-refractivity contribution < 1.29 is 4.79 Å². The highest BCUT2D eigenvalue weighted by Gasteiger charge is 2.28. The molecule has 0 saturated carbocycles. The molecule has 6 heteroatoms. The molecule has 26 heavy (non-hydrogen) atoms. The Hall–Kier alpha value is -2.89. The van der Waals surface area contributed by atoms with Crippen molar-refractivity contribution in [2.24, 2.45) is 7.05 Å². The highest BCUT2D eigenvalue weighted by Crippen LogP contribution is 2.27. The first-order valence-electron chi connectivity index (χ1n) is 9.04. The normalized spacial score (nSPS) is 17.4. The lowest BCUT2D eigenvalue weighted by Crippen LogP contribution is -2.40. The third-order valence-corrected chi connectivity index (χ3v) is 4.95. The second-order valence-electron chi connectivity index (χ2n) is 6.86. The Morgan fingerprint density at radius 2 is 2.04 bits per heavy atom. The number of aromatic nitrogens is 4. The maximum absolute atomic E-state index is 12.7. The largest absolute Gasteiger partial charge is 0.337 e. The predicted molar refractivity (Wildman–Crippen MR) is 98.9 cm³/mol. The summed E-state index contributed by atoms with van der Waals surface area (Å²) in [6.07, 6.45) is 7.74. The molecule has 2 aromatic heterocycles. The highest BCUT2D eigenvalue weighted by molar-refractivity contribution is 5.92. The molecular formula is C20H23N5O. The van der Waals surface area contributed by atoms with Gasteiger partial charge in [-0.05, 0) is 24.5 Å². The maximum Gasteiger partial charge on any atom is 0.274 e. The van der Waals surface area contributed by atoms with Crippen molar-refractivity contribution in [2.75, 3.05) is 13.1 Å². The van der Waals surface area contributed by atoms with Crippen molar-refractivity contribution in [3.05, 3.63) is 72.1 Å². The summed E-state index contributed by atoms with van der Waals surface area (Å²) in [4.78, 5) is 19.3. The molecule has 1 saturated heterocycles. The van der Waals surface area contributed by atoms with Gasteiger partial charge in [0.15, 0.2) is 0 Å². The van der Waals surface area contributed by atoms with Crippen LogP contribution in [0.2, 0.25) is 0 Å². The summed E-state index contributed by atoms with van der Waals surface area (Å²) in [5.41, 5.74) is 1.77. The maximum atomic E-state index is 12.7. The number of hydrogen-bond donors (Lipinski definition) is 0. The van der Waals surface area contributed by atoms with Crippen LogP contribution in [0.4, 0.5) is 0 Å². The van der Waals surface area contributed by atoms with Gasteiger partial charge >= 0.3 is 0 Å². The predicted octanol–water partition coefficient (Wildman–Crippen LogP) is 2.68. The summed E-state index contributed by atoms with van der Waals surface area (Å²) in [5, 5.41) is 4.25. The van der Waals surface area contributed by atoms with Gasteiger partial charge in [-0.1, -0.05) is 30.3 Å². The van der Waals surface area contributed by atoms with Gasteiger partial charge in [-0.3, -0.25) is 9.48 Å². The molecule has 3 heterocycles. The summed E-state index contributed by atoms with van der Waals surface area (Å²) >= 11 is 0. The molecule has 6 nitrogen and oxygen atoms in total. The second kappa shape index (κ2) is 7.15. The minimum absolute atomic E-state index is 0.0106. The van der Waals surface area contributed by atoms with Crippen LogP contribution in [0.5, 0.6) is 0 Å². The van der Waals surface area contributed by atoms with E-state index in [-0.39, 0.29) is 11.8 Å². The molecule has 4 rings (SSSR count). The zero-order chi connectivity index (χ0) is 17.9. The molecule has 1 aromatic carbocycles. The first-order chi connectivity index (χ1) is 12.7. The molecule has 1 aliphatic rings. The van der Waals surface area contributed by atoms with E-state index in [0.29, 0.717) is 12.2 Å². The van der Waals surface area contributed by atoms with E-state index in [0.717, 1.165) is 31.8 Å². The third kappa shape index (κ3) is 3.40. The van der Waals surface area contributed by atoms with Gasteiger partial charge in [-0.15, -0.1) is 0 Å². The van der Waals surface area contributed by atoms with Crippen molar-refractivity contribution >= 4 is 5.91 Å². The number of likely N-dealkylation sites (tertiary alicyclic amines) is 1. The number of carbonyl (C=O) groups excluding carboxylic acids is 1. The number of benzene rings is 1. The number of nitrogens with zero attached hydrogens (tertiary/aromatic N) is 5. The van der Waals surface area contributed by atoms with E-state index >= 15 is 0 Å². The fraction of sp³-hybridized carbons (Fsp3) is 0.350. The molecule has 0 N–H and O–H groups in total. The van der Waals surface area contributed by atoms with Crippen LogP contribution in [0.1, 0.15) is 40.6 Å². The standard InChI is InChI=1S/C20H23N5O/c1-23-12-9-18(22-23)20(26)25-11-5-8-17(15-25)19-21-10-13-24(19)14-16-6-3-2-4-7-16/h2-4,6-7,9-10,12-13,17H,5,8,11,14-15H2,1H3/t17-/m0/s1. The minimum atomic E-state index is 0.0106. The van der Waals surface area contributed by atoms with Crippen molar-refractivity contribution in [1.29, 1.82) is 0 Å². The average molecular weight is 349 g/mol. The third-order valence-electron chi connectivity index (χ3n) is 4.95. The fourth-order valence-electron chi connectivity index (χ4n) is 3.66. The van der Waals surface area contributed by atoms with E-state index < -0.39 is 0 Å². The van der Waals surface area contributed by atoms with Crippen LogP contribution in [0.25, 0.3) is 0 Å².